The zero-order chi connectivity index (χ0) is 16.3. The molecule has 0 radical (unpaired) electrons. The van der Waals surface area contributed by atoms with Gasteiger partial charge in [-0.1, -0.05) is 20.8 Å². The van der Waals surface area contributed by atoms with E-state index in [4.69, 9.17) is 0 Å². The molecule has 4 nitrogen and oxygen atoms in total. The Labute approximate surface area is 128 Å². The minimum Gasteiger partial charge on any atom is -0.325 e. The fraction of sp³-hybridized carbons (Fsp3) is 0.471. The van der Waals surface area contributed by atoms with Gasteiger partial charge in [-0.15, -0.1) is 0 Å². The van der Waals surface area contributed by atoms with Crippen molar-refractivity contribution in [1.82, 2.24) is 0 Å². The quantitative estimate of drug-likeness (QED) is 0.675. The summed E-state index contributed by atoms with van der Waals surface area (Å²) in [5.74, 6) is -1.91. The fourth-order valence-electron chi connectivity index (χ4n) is 4.04. The van der Waals surface area contributed by atoms with Crippen LogP contribution in [0.5, 0.6) is 0 Å². The molecule has 2 aliphatic rings. The third kappa shape index (κ3) is 1.49. The molecular weight excluding hydrogens is 285 g/mol. The first-order valence-corrected chi connectivity index (χ1v) is 7.33. The minimum absolute atomic E-state index is 0.369. The fourth-order valence-corrected chi connectivity index (χ4v) is 4.04. The second-order valence-corrected chi connectivity index (χ2v) is 6.98. The number of benzene rings is 1. The number of rotatable bonds is 2. The number of fused-ring (bicyclic) bond motifs is 2. The summed E-state index contributed by atoms with van der Waals surface area (Å²) >= 11 is 0. The van der Waals surface area contributed by atoms with E-state index in [1.165, 1.54) is 24.3 Å². The van der Waals surface area contributed by atoms with Gasteiger partial charge in [0.15, 0.2) is 0 Å². The van der Waals surface area contributed by atoms with Crippen LogP contribution >= 0.6 is 0 Å². The highest BCUT2D eigenvalue weighted by Gasteiger charge is 2.77. The minimum atomic E-state index is -1.33. The second-order valence-electron chi connectivity index (χ2n) is 6.98. The van der Waals surface area contributed by atoms with E-state index < -0.39 is 39.5 Å². The van der Waals surface area contributed by atoms with Crippen molar-refractivity contribution in [2.24, 2.45) is 16.2 Å². The van der Waals surface area contributed by atoms with E-state index in [1.807, 2.05) is 13.8 Å². The molecule has 1 amide bonds. The number of anilines is 1. The number of hydrogen-bond donors (Lipinski definition) is 1. The lowest BCUT2D eigenvalue weighted by Gasteiger charge is -2.37. The third-order valence-corrected chi connectivity index (χ3v) is 6.03. The summed E-state index contributed by atoms with van der Waals surface area (Å²) in [5.41, 5.74) is -2.44. The van der Waals surface area contributed by atoms with Crippen molar-refractivity contribution in [1.29, 1.82) is 0 Å². The monoisotopic (exact) mass is 303 g/mol. The SMILES string of the molecule is CC1(C)[C@]2(C(=O)Nc3ccc(F)cc3)CC[C@]1(C)C(=O)C2=O. The lowest BCUT2D eigenvalue weighted by Crippen LogP contribution is -2.47. The normalized spacial score (nSPS) is 32.4. The first-order chi connectivity index (χ1) is 10.2. The molecule has 2 atom stereocenters. The first-order valence-electron chi connectivity index (χ1n) is 7.33. The highest BCUT2D eigenvalue weighted by Crippen LogP contribution is 2.69. The number of amides is 1. The van der Waals surface area contributed by atoms with Gasteiger partial charge in [-0.2, -0.15) is 0 Å². The smallest absolute Gasteiger partial charge is 0.239 e. The van der Waals surface area contributed by atoms with Gasteiger partial charge in [-0.3, -0.25) is 14.4 Å². The summed E-state index contributed by atoms with van der Waals surface area (Å²) in [4.78, 5) is 37.7. The molecule has 2 bridgehead atoms. The van der Waals surface area contributed by atoms with Crippen LogP contribution in [0.25, 0.3) is 0 Å². The van der Waals surface area contributed by atoms with E-state index in [1.54, 1.807) is 6.92 Å². The molecule has 0 unspecified atom stereocenters. The molecule has 22 heavy (non-hydrogen) atoms. The zero-order valence-electron chi connectivity index (χ0n) is 12.8. The molecule has 116 valence electrons. The molecule has 3 rings (SSSR count). The second kappa shape index (κ2) is 4.24. The number of nitrogens with one attached hydrogen (secondary N) is 1. The Hall–Kier alpha value is -2.04. The van der Waals surface area contributed by atoms with Gasteiger partial charge in [0.1, 0.15) is 11.2 Å². The summed E-state index contributed by atoms with van der Waals surface area (Å²) in [6.45, 7) is 5.40. The standard InChI is InChI=1S/C17H18FNO3/c1-15(2)16(3)8-9-17(15,13(21)12(16)20)14(22)19-11-6-4-10(18)5-7-11/h4-7H,8-9H2,1-3H3,(H,19,22)/t16-,17-/m1/s1. The number of carbonyl (C=O) groups excluding carboxylic acids is 3. The van der Waals surface area contributed by atoms with E-state index in [9.17, 15) is 18.8 Å². The van der Waals surface area contributed by atoms with Crippen LogP contribution in [-0.2, 0) is 14.4 Å². The Morgan fingerprint density at radius 2 is 1.64 bits per heavy atom. The van der Waals surface area contributed by atoms with E-state index >= 15 is 0 Å². The number of ketones is 2. The molecule has 2 aliphatic carbocycles. The molecular formula is C17H18FNO3. The maximum Gasteiger partial charge on any atom is 0.239 e. The van der Waals surface area contributed by atoms with Gasteiger partial charge in [-0.05, 0) is 42.5 Å². The molecule has 2 fully saturated rings. The molecule has 0 aromatic heterocycles. The lowest BCUT2D eigenvalue weighted by molar-refractivity contribution is -0.147. The van der Waals surface area contributed by atoms with Crippen LogP contribution in [0.1, 0.15) is 33.6 Å². The average Bonchev–Trinajstić information content (AvgIpc) is 2.74. The molecule has 1 aromatic carbocycles. The van der Waals surface area contributed by atoms with Crippen molar-refractivity contribution in [2.75, 3.05) is 5.32 Å². The Balaban J connectivity index is 1.99. The van der Waals surface area contributed by atoms with Gasteiger partial charge in [0, 0.05) is 11.1 Å². The first kappa shape index (κ1) is 14.9. The molecule has 0 aliphatic heterocycles. The third-order valence-electron chi connectivity index (χ3n) is 6.03. The van der Waals surface area contributed by atoms with E-state index in [0.29, 0.717) is 18.5 Å². The Bertz CT molecular complexity index is 694. The lowest BCUT2D eigenvalue weighted by atomic mass is 9.64. The summed E-state index contributed by atoms with van der Waals surface area (Å²) in [5, 5.41) is 2.67. The molecule has 1 N–H and O–H groups in total. The zero-order valence-corrected chi connectivity index (χ0v) is 12.8. The Morgan fingerprint density at radius 3 is 2.14 bits per heavy atom. The number of Topliss-reactive ketones (excluding diaryl/α,β-unsaturated/α-hetero) is 2. The van der Waals surface area contributed by atoms with Gasteiger partial charge in [0.2, 0.25) is 17.5 Å². The summed E-state index contributed by atoms with van der Waals surface area (Å²) in [6.07, 6.45) is 0.898. The largest absolute Gasteiger partial charge is 0.325 e. The van der Waals surface area contributed by atoms with Crippen LogP contribution in [-0.4, -0.2) is 17.5 Å². The summed E-state index contributed by atoms with van der Waals surface area (Å²) in [7, 11) is 0. The van der Waals surface area contributed by atoms with Crippen molar-refractivity contribution in [3.63, 3.8) is 0 Å². The maximum atomic E-state index is 12.9. The molecule has 0 spiro atoms. The van der Waals surface area contributed by atoms with Gasteiger partial charge < -0.3 is 5.32 Å². The average molecular weight is 303 g/mol. The van der Waals surface area contributed by atoms with Crippen LogP contribution in [0.3, 0.4) is 0 Å². The molecule has 0 saturated heterocycles. The van der Waals surface area contributed by atoms with Crippen molar-refractivity contribution in [3.8, 4) is 0 Å². The predicted octanol–water partition coefficient (Wildman–Crippen LogP) is 2.73. The summed E-state index contributed by atoms with van der Waals surface area (Å²) in [6, 6.07) is 5.34. The summed E-state index contributed by atoms with van der Waals surface area (Å²) < 4.78 is 12.9. The molecule has 2 saturated carbocycles. The van der Waals surface area contributed by atoms with Gasteiger partial charge in [0.25, 0.3) is 0 Å². The van der Waals surface area contributed by atoms with Crippen LogP contribution < -0.4 is 5.32 Å². The Kier molecular flexibility index (Phi) is 2.87. The van der Waals surface area contributed by atoms with Gasteiger partial charge >= 0.3 is 0 Å². The van der Waals surface area contributed by atoms with E-state index in [0.717, 1.165) is 0 Å². The highest BCUT2D eigenvalue weighted by molar-refractivity contribution is 6.49. The van der Waals surface area contributed by atoms with Crippen molar-refractivity contribution < 1.29 is 18.8 Å². The van der Waals surface area contributed by atoms with Crippen molar-refractivity contribution in [3.05, 3.63) is 30.1 Å². The van der Waals surface area contributed by atoms with E-state index in [2.05, 4.69) is 5.32 Å². The number of carbonyl (C=O) groups is 3. The van der Waals surface area contributed by atoms with Crippen LogP contribution in [0.15, 0.2) is 24.3 Å². The van der Waals surface area contributed by atoms with Crippen molar-refractivity contribution in [2.45, 2.75) is 33.6 Å². The highest BCUT2D eigenvalue weighted by atomic mass is 19.1. The van der Waals surface area contributed by atoms with Gasteiger partial charge in [0.05, 0.1) is 0 Å². The van der Waals surface area contributed by atoms with Crippen LogP contribution in [0.4, 0.5) is 10.1 Å². The topological polar surface area (TPSA) is 63.2 Å². The number of halogens is 1. The van der Waals surface area contributed by atoms with Crippen LogP contribution in [0, 0.1) is 22.1 Å². The molecule has 1 aromatic rings. The predicted molar refractivity (Wildman–Crippen MR) is 78.6 cm³/mol. The maximum absolute atomic E-state index is 12.9. The van der Waals surface area contributed by atoms with Crippen molar-refractivity contribution >= 4 is 23.2 Å². The van der Waals surface area contributed by atoms with Crippen LogP contribution in [0.2, 0.25) is 0 Å². The number of hydrogen-bond acceptors (Lipinski definition) is 3. The Morgan fingerprint density at radius 1 is 1.05 bits per heavy atom. The molecule has 5 heteroatoms. The molecule has 0 heterocycles. The van der Waals surface area contributed by atoms with E-state index in [-0.39, 0.29) is 0 Å². The van der Waals surface area contributed by atoms with Gasteiger partial charge in [-0.25, -0.2) is 4.39 Å².